The first-order valence-electron chi connectivity index (χ1n) is 8.27. The van der Waals surface area contributed by atoms with Crippen LogP contribution >= 0.6 is 0 Å². The topological polar surface area (TPSA) is 21.3 Å². The Morgan fingerprint density at radius 1 is 1.20 bits per heavy atom. The van der Waals surface area contributed by atoms with Crippen molar-refractivity contribution in [3.05, 3.63) is 29.3 Å². The van der Waals surface area contributed by atoms with Crippen LogP contribution in [-0.4, -0.2) is 19.2 Å². The fourth-order valence-corrected chi connectivity index (χ4v) is 2.87. The van der Waals surface area contributed by atoms with E-state index in [0.29, 0.717) is 6.04 Å². The lowest BCUT2D eigenvalue weighted by Gasteiger charge is -2.17. The third-order valence-electron chi connectivity index (χ3n) is 4.11. The van der Waals surface area contributed by atoms with E-state index in [0.717, 1.165) is 25.3 Å². The van der Waals surface area contributed by atoms with Gasteiger partial charge in [0.05, 0.1) is 6.61 Å². The van der Waals surface area contributed by atoms with Gasteiger partial charge in [-0.25, -0.2) is 0 Å². The molecule has 0 saturated carbocycles. The summed E-state index contributed by atoms with van der Waals surface area (Å²) >= 11 is 0. The Balaban J connectivity index is 1.69. The van der Waals surface area contributed by atoms with Crippen molar-refractivity contribution >= 4 is 0 Å². The highest BCUT2D eigenvalue weighted by atomic mass is 16.5. The van der Waals surface area contributed by atoms with Crippen LogP contribution in [0.5, 0.6) is 5.75 Å². The first-order chi connectivity index (χ1) is 9.79. The van der Waals surface area contributed by atoms with Gasteiger partial charge in [-0.1, -0.05) is 13.0 Å². The third kappa shape index (κ3) is 4.82. The molecule has 1 aliphatic rings. The summed E-state index contributed by atoms with van der Waals surface area (Å²) in [5.74, 6) is 1.06. The molecule has 20 heavy (non-hydrogen) atoms. The summed E-state index contributed by atoms with van der Waals surface area (Å²) in [6, 6.07) is 7.26. The Morgan fingerprint density at radius 3 is 2.80 bits per heavy atom. The van der Waals surface area contributed by atoms with Crippen molar-refractivity contribution in [2.45, 2.75) is 64.8 Å². The minimum atomic E-state index is 0.599. The molecule has 112 valence electrons. The van der Waals surface area contributed by atoms with Crippen molar-refractivity contribution in [3.8, 4) is 5.75 Å². The summed E-state index contributed by atoms with van der Waals surface area (Å²) in [4.78, 5) is 0. The molecule has 0 fully saturated rings. The van der Waals surface area contributed by atoms with E-state index in [1.54, 1.807) is 0 Å². The smallest absolute Gasteiger partial charge is 0.119 e. The van der Waals surface area contributed by atoms with Crippen LogP contribution in [0, 0.1) is 0 Å². The molecule has 1 atom stereocenters. The molecule has 2 heteroatoms. The van der Waals surface area contributed by atoms with E-state index in [2.05, 4.69) is 37.4 Å². The van der Waals surface area contributed by atoms with Gasteiger partial charge in [-0.05, 0) is 81.7 Å². The van der Waals surface area contributed by atoms with Gasteiger partial charge in [0, 0.05) is 6.04 Å². The van der Waals surface area contributed by atoms with Gasteiger partial charge in [0.25, 0.3) is 0 Å². The van der Waals surface area contributed by atoms with E-state index >= 15 is 0 Å². The van der Waals surface area contributed by atoms with Crippen molar-refractivity contribution in [1.82, 2.24) is 5.32 Å². The zero-order chi connectivity index (χ0) is 14.2. The molecule has 1 unspecified atom stereocenters. The van der Waals surface area contributed by atoms with Gasteiger partial charge < -0.3 is 10.1 Å². The van der Waals surface area contributed by atoms with E-state index in [4.69, 9.17) is 4.74 Å². The van der Waals surface area contributed by atoms with E-state index in [-0.39, 0.29) is 0 Å². The summed E-state index contributed by atoms with van der Waals surface area (Å²) in [5.41, 5.74) is 3.03. The molecule has 0 radical (unpaired) electrons. The van der Waals surface area contributed by atoms with Gasteiger partial charge in [-0.3, -0.25) is 0 Å². The van der Waals surface area contributed by atoms with Crippen LogP contribution in [0.25, 0.3) is 0 Å². The minimum absolute atomic E-state index is 0.599. The van der Waals surface area contributed by atoms with Gasteiger partial charge in [0.15, 0.2) is 0 Å². The zero-order valence-electron chi connectivity index (χ0n) is 13.1. The first-order valence-corrected chi connectivity index (χ1v) is 8.27. The molecule has 2 nitrogen and oxygen atoms in total. The van der Waals surface area contributed by atoms with Crippen molar-refractivity contribution in [1.29, 1.82) is 0 Å². The number of ether oxygens (including phenoxy) is 1. The molecule has 2 rings (SSSR count). The SMILES string of the molecule is CCCNC(C)CCCOc1ccc2c(c1)CCCC2. The van der Waals surface area contributed by atoms with Crippen LogP contribution in [0.4, 0.5) is 0 Å². The standard InChI is InChI=1S/C18H29NO/c1-3-12-19-15(2)7-6-13-20-18-11-10-16-8-4-5-9-17(16)14-18/h10-11,14-15,19H,3-9,12-13H2,1-2H3. The van der Waals surface area contributed by atoms with Crippen LogP contribution in [0.15, 0.2) is 18.2 Å². The number of nitrogens with one attached hydrogen (secondary N) is 1. The second kappa shape index (κ2) is 8.31. The molecule has 1 aromatic carbocycles. The van der Waals surface area contributed by atoms with Gasteiger partial charge in [0.2, 0.25) is 0 Å². The Kier molecular flexibility index (Phi) is 6.38. The maximum atomic E-state index is 5.90. The van der Waals surface area contributed by atoms with Crippen LogP contribution in [0.3, 0.4) is 0 Å². The second-order valence-electron chi connectivity index (χ2n) is 5.98. The third-order valence-corrected chi connectivity index (χ3v) is 4.11. The summed E-state index contributed by atoms with van der Waals surface area (Å²) < 4.78 is 5.90. The molecule has 0 amide bonds. The molecule has 0 bridgehead atoms. The molecule has 0 aromatic heterocycles. The molecule has 0 heterocycles. The zero-order valence-corrected chi connectivity index (χ0v) is 13.1. The van der Waals surface area contributed by atoms with E-state index in [9.17, 15) is 0 Å². The normalized spacial score (nSPS) is 15.7. The Bertz CT molecular complexity index is 402. The largest absolute Gasteiger partial charge is 0.494 e. The van der Waals surface area contributed by atoms with Gasteiger partial charge in [0.1, 0.15) is 5.75 Å². The number of aryl methyl sites for hydroxylation is 2. The quantitative estimate of drug-likeness (QED) is 0.721. The maximum Gasteiger partial charge on any atom is 0.119 e. The average Bonchev–Trinajstić information content (AvgIpc) is 2.49. The van der Waals surface area contributed by atoms with Crippen molar-refractivity contribution in [2.24, 2.45) is 0 Å². The maximum absolute atomic E-state index is 5.90. The number of rotatable bonds is 8. The van der Waals surface area contributed by atoms with Crippen LogP contribution in [0.2, 0.25) is 0 Å². The molecule has 0 spiro atoms. The molecule has 1 N–H and O–H groups in total. The number of hydrogen-bond donors (Lipinski definition) is 1. The second-order valence-corrected chi connectivity index (χ2v) is 5.98. The molecule has 0 aliphatic heterocycles. The monoisotopic (exact) mass is 275 g/mol. The molecular weight excluding hydrogens is 246 g/mol. The van der Waals surface area contributed by atoms with Crippen molar-refractivity contribution < 1.29 is 4.74 Å². The average molecular weight is 275 g/mol. The highest BCUT2D eigenvalue weighted by Gasteiger charge is 2.09. The lowest BCUT2D eigenvalue weighted by atomic mass is 9.92. The van der Waals surface area contributed by atoms with Crippen LogP contribution in [0.1, 0.15) is 57.1 Å². The summed E-state index contributed by atoms with van der Waals surface area (Å²) in [7, 11) is 0. The lowest BCUT2D eigenvalue weighted by Crippen LogP contribution is -2.26. The molecule has 1 aliphatic carbocycles. The summed E-state index contributed by atoms with van der Waals surface area (Å²) in [6.07, 6.45) is 8.66. The Morgan fingerprint density at radius 2 is 2.00 bits per heavy atom. The van der Waals surface area contributed by atoms with Crippen molar-refractivity contribution in [3.63, 3.8) is 0 Å². The highest BCUT2D eigenvalue weighted by Crippen LogP contribution is 2.25. The first kappa shape index (κ1) is 15.4. The number of benzene rings is 1. The number of hydrogen-bond acceptors (Lipinski definition) is 2. The van der Waals surface area contributed by atoms with E-state index in [1.807, 2.05) is 0 Å². The van der Waals surface area contributed by atoms with Gasteiger partial charge >= 0.3 is 0 Å². The fourth-order valence-electron chi connectivity index (χ4n) is 2.87. The molecular formula is C18H29NO. The number of fused-ring (bicyclic) bond motifs is 1. The predicted octanol–water partition coefficient (Wildman–Crippen LogP) is 4.11. The van der Waals surface area contributed by atoms with E-state index in [1.165, 1.54) is 49.7 Å². The highest BCUT2D eigenvalue weighted by molar-refractivity contribution is 5.37. The molecule has 0 saturated heterocycles. The fraction of sp³-hybridized carbons (Fsp3) is 0.667. The lowest BCUT2D eigenvalue weighted by molar-refractivity contribution is 0.297. The Hall–Kier alpha value is -1.02. The minimum Gasteiger partial charge on any atom is -0.494 e. The van der Waals surface area contributed by atoms with E-state index < -0.39 is 0 Å². The van der Waals surface area contributed by atoms with Gasteiger partial charge in [-0.15, -0.1) is 0 Å². The summed E-state index contributed by atoms with van der Waals surface area (Å²) in [6.45, 7) is 6.41. The summed E-state index contributed by atoms with van der Waals surface area (Å²) in [5, 5.41) is 3.52. The van der Waals surface area contributed by atoms with Crippen LogP contribution in [-0.2, 0) is 12.8 Å². The predicted molar refractivity (Wildman–Crippen MR) is 85.6 cm³/mol. The van der Waals surface area contributed by atoms with Crippen molar-refractivity contribution in [2.75, 3.05) is 13.2 Å². The van der Waals surface area contributed by atoms with Crippen LogP contribution < -0.4 is 10.1 Å². The molecule has 1 aromatic rings. The Labute approximate surface area is 123 Å². The van der Waals surface area contributed by atoms with Gasteiger partial charge in [-0.2, -0.15) is 0 Å².